The van der Waals surface area contributed by atoms with Crippen molar-refractivity contribution >= 4 is 0 Å². The maximum Gasteiger partial charge on any atom is 0.0593 e. The molecule has 5 heteroatoms. The number of nitrogens with two attached hydrogens (primary N) is 1. The predicted octanol–water partition coefficient (Wildman–Crippen LogP) is 0.727. The summed E-state index contributed by atoms with van der Waals surface area (Å²) in [5, 5.41) is 0. The van der Waals surface area contributed by atoms with Crippen LogP contribution in [0.3, 0.4) is 0 Å². The Morgan fingerprint density at radius 3 is 2.21 bits per heavy atom. The molecule has 1 atom stereocenters. The fourth-order valence-corrected chi connectivity index (χ4v) is 2.42. The van der Waals surface area contributed by atoms with E-state index in [-0.39, 0.29) is 5.41 Å². The quantitative estimate of drug-likeness (QED) is 0.563. The molecule has 114 valence electrons. The fraction of sp³-hybridized carbons (Fsp3) is 1.00. The van der Waals surface area contributed by atoms with Crippen LogP contribution in [0.4, 0.5) is 0 Å². The second-order valence-electron chi connectivity index (χ2n) is 5.18. The Kier molecular flexibility index (Phi) is 8.57. The van der Waals surface area contributed by atoms with Crippen molar-refractivity contribution < 1.29 is 14.2 Å². The van der Waals surface area contributed by atoms with E-state index < -0.39 is 0 Å². The zero-order valence-electron chi connectivity index (χ0n) is 12.5. The minimum atomic E-state index is 0.123. The fourth-order valence-electron chi connectivity index (χ4n) is 2.42. The number of hydrogen-bond donors (Lipinski definition) is 1. The molecule has 0 spiro atoms. The molecule has 0 radical (unpaired) electrons. The van der Waals surface area contributed by atoms with E-state index in [1.54, 1.807) is 0 Å². The smallest absolute Gasteiger partial charge is 0.0593 e. The van der Waals surface area contributed by atoms with Crippen LogP contribution in [0.5, 0.6) is 0 Å². The first-order chi connectivity index (χ1) is 9.26. The standard InChI is InChI=1S/C14H30N2O3/c1-3-17-9-6-16(7-10-18-4-2)12-14(11-15)5-8-19-13-14/h3-13,15H2,1-2H3. The number of hydrogen-bond acceptors (Lipinski definition) is 5. The van der Waals surface area contributed by atoms with Crippen molar-refractivity contribution in [3.05, 3.63) is 0 Å². The van der Waals surface area contributed by atoms with Gasteiger partial charge in [-0.25, -0.2) is 0 Å². The van der Waals surface area contributed by atoms with Gasteiger partial charge in [0.15, 0.2) is 0 Å². The van der Waals surface area contributed by atoms with Gasteiger partial charge in [-0.2, -0.15) is 0 Å². The molecule has 5 nitrogen and oxygen atoms in total. The molecule has 0 aromatic heterocycles. The van der Waals surface area contributed by atoms with Gasteiger partial charge in [0.25, 0.3) is 0 Å². The lowest BCUT2D eigenvalue weighted by Gasteiger charge is -2.33. The van der Waals surface area contributed by atoms with Crippen molar-refractivity contribution in [3.8, 4) is 0 Å². The molecule has 1 fully saturated rings. The van der Waals surface area contributed by atoms with E-state index >= 15 is 0 Å². The average molecular weight is 274 g/mol. The largest absolute Gasteiger partial charge is 0.381 e. The average Bonchev–Trinajstić information content (AvgIpc) is 2.88. The Bertz CT molecular complexity index is 211. The van der Waals surface area contributed by atoms with Crippen molar-refractivity contribution in [2.75, 3.05) is 65.8 Å². The third-order valence-electron chi connectivity index (χ3n) is 3.69. The molecule has 19 heavy (non-hydrogen) atoms. The summed E-state index contributed by atoms with van der Waals surface area (Å²) in [5.74, 6) is 0. The molecule has 1 aliphatic rings. The van der Waals surface area contributed by atoms with E-state index in [2.05, 4.69) is 4.90 Å². The lowest BCUT2D eigenvalue weighted by Crippen LogP contribution is -2.45. The van der Waals surface area contributed by atoms with E-state index in [1.165, 1.54) is 0 Å². The normalized spacial score (nSPS) is 23.4. The van der Waals surface area contributed by atoms with Crippen LogP contribution < -0.4 is 5.73 Å². The summed E-state index contributed by atoms with van der Waals surface area (Å²) in [6, 6.07) is 0. The highest BCUT2D eigenvalue weighted by Crippen LogP contribution is 2.28. The Morgan fingerprint density at radius 1 is 1.16 bits per heavy atom. The zero-order chi connectivity index (χ0) is 14.0. The summed E-state index contributed by atoms with van der Waals surface area (Å²) in [4.78, 5) is 2.40. The van der Waals surface area contributed by atoms with Crippen LogP contribution >= 0.6 is 0 Å². The molecule has 1 unspecified atom stereocenters. The van der Waals surface area contributed by atoms with Gasteiger partial charge in [0.2, 0.25) is 0 Å². The van der Waals surface area contributed by atoms with Crippen molar-refractivity contribution in [1.29, 1.82) is 0 Å². The highest BCUT2D eigenvalue weighted by Gasteiger charge is 2.35. The van der Waals surface area contributed by atoms with E-state index in [1.807, 2.05) is 13.8 Å². The first kappa shape index (κ1) is 16.9. The minimum absolute atomic E-state index is 0.123. The number of ether oxygens (including phenoxy) is 3. The lowest BCUT2D eigenvalue weighted by molar-refractivity contribution is 0.0546. The summed E-state index contributed by atoms with van der Waals surface area (Å²) in [5.41, 5.74) is 6.08. The van der Waals surface area contributed by atoms with Gasteiger partial charge in [0.1, 0.15) is 0 Å². The first-order valence-corrected chi connectivity index (χ1v) is 7.42. The van der Waals surface area contributed by atoms with Crippen molar-refractivity contribution in [3.63, 3.8) is 0 Å². The van der Waals surface area contributed by atoms with E-state index in [4.69, 9.17) is 19.9 Å². The Hall–Kier alpha value is -0.200. The highest BCUT2D eigenvalue weighted by atomic mass is 16.5. The van der Waals surface area contributed by atoms with Gasteiger partial charge in [0, 0.05) is 51.4 Å². The van der Waals surface area contributed by atoms with Gasteiger partial charge in [-0.15, -0.1) is 0 Å². The van der Waals surface area contributed by atoms with Crippen LogP contribution in [-0.4, -0.2) is 70.7 Å². The monoisotopic (exact) mass is 274 g/mol. The van der Waals surface area contributed by atoms with Crippen LogP contribution in [0.2, 0.25) is 0 Å². The molecule has 0 aromatic carbocycles. The molecule has 1 aliphatic heterocycles. The second-order valence-corrected chi connectivity index (χ2v) is 5.18. The summed E-state index contributed by atoms with van der Waals surface area (Å²) in [6.07, 6.45) is 1.06. The molecule has 1 saturated heterocycles. The Labute approximate surface area is 117 Å². The van der Waals surface area contributed by atoms with Crippen molar-refractivity contribution in [1.82, 2.24) is 4.90 Å². The molecule has 0 amide bonds. The molecule has 2 N–H and O–H groups in total. The van der Waals surface area contributed by atoms with Gasteiger partial charge in [0.05, 0.1) is 19.8 Å². The molecular formula is C14H30N2O3. The molecule has 0 aliphatic carbocycles. The van der Waals surface area contributed by atoms with E-state index in [9.17, 15) is 0 Å². The van der Waals surface area contributed by atoms with Crippen LogP contribution in [0.1, 0.15) is 20.3 Å². The van der Waals surface area contributed by atoms with Crippen molar-refractivity contribution in [2.24, 2.45) is 11.1 Å². The van der Waals surface area contributed by atoms with Gasteiger partial charge < -0.3 is 19.9 Å². The molecule has 1 rings (SSSR count). The maximum atomic E-state index is 5.96. The van der Waals surface area contributed by atoms with Crippen LogP contribution in [-0.2, 0) is 14.2 Å². The molecular weight excluding hydrogens is 244 g/mol. The zero-order valence-corrected chi connectivity index (χ0v) is 12.5. The second kappa shape index (κ2) is 9.66. The van der Waals surface area contributed by atoms with Crippen LogP contribution in [0.25, 0.3) is 0 Å². The lowest BCUT2D eigenvalue weighted by atomic mass is 9.87. The SMILES string of the molecule is CCOCCN(CCOCC)CC1(CN)CCOC1. The van der Waals surface area contributed by atoms with Gasteiger partial charge in [-0.1, -0.05) is 0 Å². The van der Waals surface area contributed by atoms with Gasteiger partial charge in [-0.05, 0) is 20.3 Å². The summed E-state index contributed by atoms with van der Waals surface area (Å²) >= 11 is 0. The predicted molar refractivity (Wildman–Crippen MR) is 76.3 cm³/mol. The van der Waals surface area contributed by atoms with Crippen molar-refractivity contribution in [2.45, 2.75) is 20.3 Å². The summed E-state index contributed by atoms with van der Waals surface area (Å²) < 4.78 is 16.4. The van der Waals surface area contributed by atoms with Crippen LogP contribution in [0, 0.1) is 5.41 Å². The molecule has 0 aromatic rings. The first-order valence-electron chi connectivity index (χ1n) is 7.42. The van der Waals surface area contributed by atoms with E-state index in [0.717, 1.165) is 65.7 Å². The number of nitrogens with zero attached hydrogens (tertiary/aromatic N) is 1. The van der Waals surface area contributed by atoms with E-state index in [0.29, 0.717) is 6.54 Å². The summed E-state index contributed by atoms with van der Waals surface area (Å²) in [7, 11) is 0. The summed E-state index contributed by atoms with van der Waals surface area (Å²) in [6.45, 7) is 12.3. The number of rotatable bonds is 11. The van der Waals surface area contributed by atoms with Gasteiger partial charge >= 0.3 is 0 Å². The Balaban J connectivity index is 2.41. The Morgan fingerprint density at radius 2 is 1.79 bits per heavy atom. The third-order valence-corrected chi connectivity index (χ3v) is 3.69. The molecule has 0 saturated carbocycles. The topological polar surface area (TPSA) is 57.0 Å². The van der Waals surface area contributed by atoms with Gasteiger partial charge in [-0.3, -0.25) is 4.90 Å². The minimum Gasteiger partial charge on any atom is -0.381 e. The molecule has 1 heterocycles. The maximum absolute atomic E-state index is 5.96. The third kappa shape index (κ3) is 6.19. The van der Waals surface area contributed by atoms with Crippen LogP contribution in [0.15, 0.2) is 0 Å². The highest BCUT2D eigenvalue weighted by molar-refractivity contribution is 4.87. The molecule has 0 bridgehead atoms.